The smallest absolute Gasteiger partial charge is 0.246 e. The SMILES string of the molecule is N=C(N)c1ccc(CNC(=O)CNC(=O)[C@]2(Cc3cccc(CNS(=O)(=O)c4ccccc4)c3)CCC(=O)N2)s1. The van der Waals surface area contributed by atoms with Gasteiger partial charge in [0.05, 0.1) is 22.9 Å². The molecule has 40 heavy (non-hydrogen) atoms. The van der Waals surface area contributed by atoms with Crippen LogP contribution in [0.2, 0.25) is 0 Å². The maximum atomic E-state index is 13.2. The second-order valence-corrected chi connectivity index (χ2v) is 12.3. The van der Waals surface area contributed by atoms with Gasteiger partial charge >= 0.3 is 0 Å². The van der Waals surface area contributed by atoms with Crippen molar-refractivity contribution >= 4 is 44.9 Å². The summed E-state index contributed by atoms with van der Waals surface area (Å²) in [5.41, 5.74) is 5.66. The lowest BCUT2D eigenvalue weighted by molar-refractivity contribution is -0.131. The minimum Gasteiger partial charge on any atom is -0.383 e. The molecule has 0 spiro atoms. The van der Waals surface area contributed by atoms with Gasteiger partial charge in [-0.15, -0.1) is 11.3 Å². The van der Waals surface area contributed by atoms with Gasteiger partial charge in [0.1, 0.15) is 11.4 Å². The first-order chi connectivity index (χ1) is 19.1. The number of sulfonamides is 1. The molecule has 0 bridgehead atoms. The van der Waals surface area contributed by atoms with Crippen LogP contribution in [0.25, 0.3) is 0 Å². The van der Waals surface area contributed by atoms with Crippen molar-refractivity contribution in [1.82, 2.24) is 20.7 Å². The highest BCUT2D eigenvalue weighted by atomic mass is 32.2. The molecule has 1 atom stereocenters. The van der Waals surface area contributed by atoms with Crippen molar-refractivity contribution in [1.29, 1.82) is 5.41 Å². The second kappa shape index (κ2) is 12.4. The maximum Gasteiger partial charge on any atom is 0.246 e. The topological polar surface area (TPSA) is 183 Å². The average molecular weight is 583 g/mol. The fraction of sp³-hybridized carbons (Fsp3) is 0.259. The van der Waals surface area contributed by atoms with Crippen molar-refractivity contribution in [2.24, 2.45) is 5.73 Å². The minimum absolute atomic E-state index is 0.0437. The van der Waals surface area contributed by atoms with Crippen molar-refractivity contribution in [3.8, 4) is 0 Å². The van der Waals surface area contributed by atoms with Crippen LogP contribution in [0.5, 0.6) is 0 Å². The van der Waals surface area contributed by atoms with Crippen LogP contribution < -0.4 is 26.4 Å². The summed E-state index contributed by atoms with van der Waals surface area (Å²) < 4.78 is 27.7. The number of nitrogens with two attached hydrogens (primary N) is 1. The number of benzene rings is 2. The van der Waals surface area contributed by atoms with Crippen LogP contribution in [0.1, 0.15) is 33.7 Å². The molecule has 11 nitrogen and oxygen atoms in total. The van der Waals surface area contributed by atoms with Gasteiger partial charge in [-0.1, -0.05) is 42.5 Å². The van der Waals surface area contributed by atoms with E-state index in [9.17, 15) is 22.8 Å². The van der Waals surface area contributed by atoms with Crippen molar-refractivity contribution < 1.29 is 22.8 Å². The molecule has 13 heteroatoms. The fourth-order valence-corrected chi connectivity index (χ4v) is 6.20. The Kier molecular flexibility index (Phi) is 8.97. The first-order valence-electron chi connectivity index (χ1n) is 12.5. The van der Waals surface area contributed by atoms with E-state index in [2.05, 4.69) is 20.7 Å². The lowest BCUT2D eigenvalue weighted by Gasteiger charge is -2.28. The summed E-state index contributed by atoms with van der Waals surface area (Å²) in [6.45, 7) is 0.00694. The van der Waals surface area contributed by atoms with Gasteiger partial charge in [0.2, 0.25) is 27.7 Å². The number of hydrogen-bond donors (Lipinski definition) is 6. The Hall–Kier alpha value is -4.07. The third kappa shape index (κ3) is 7.31. The summed E-state index contributed by atoms with van der Waals surface area (Å²) in [7, 11) is -3.69. The van der Waals surface area contributed by atoms with Crippen LogP contribution in [0.4, 0.5) is 0 Å². The number of hydrogen-bond acceptors (Lipinski definition) is 7. The standard InChI is InChI=1S/C27H30N6O5S2/c28-25(29)22-10-9-20(39-22)16-30-24(35)17-31-26(36)27(12-11-23(34)33-27)14-18-5-4-6-19(13-18)15-32-40(37,38)21-7-2-1-3-8-21/h1-10,13,32H,11-12,14-17H2,(H3,28,29)(H,30,35)(H,31,36)(H,33,34)/t27-/m1/s1. The highest BCUT2D eigenvalue weighted by molar-refractivity contribution is 7.89. The summed E-state index contributed by atoms with van der Waals surface area (Å²) in [6.07, 6.45) is 0.606. The van der Waals surface area contributed by atoms with Gasteiger partial charge in [0.25, 0.3) is 0 Å². The summed E-state index contributed by atoms with van der Waals surface area (Å²) in [4.78, 5) is 39.3. The molecule has 1 fully saturated rings. The molecule has 1 saturated heterocycles. The predicted molar refractivity (Wildman–Crippen MR) is 151 cm³/mol. The highest BCUT2D eigenvalue weighted by Gasteiger charge is 2.44. The van der Waals surface area contributed by atoms with E-state index in [1.165, 1.54) is 23.5 Å². The zero-order chi connectivity index (χ0) is 28.8. The molecule has 4 rings (SSSR count). The summed E-state index contributed by atoms with van der Waals surface area (Å²) in [6, 6.07) is 18.6. The van der Waals surface area contributed by atoms with Crippen LogP contribution >= 0.6 is 11.3 Å². The number of rotatable bonds is 12. The summed E-state index contributed by atoms with van der Waals surface area (Å²) in [5.74, 6) is -1.18. The van der Waals surface area contributed by atoms with E-state index in [4.69, 9.17) is 11.1 Å². The van der Waals surface area contributed by atoms with E-state index in [0.717, 1.165) is 10.4 Å². The van der Waals surface area contributed by atoms with Gasteiger partial charge in [-0.05, 0) is 41.8 Å². The molecular formula is C27H30N6O5S2. The number of amides is 3. The number of nitrogens with one attached hydrogen (secondary N) is 5. The highest BCUT2D eigenvalue weighted by Crippen LogP contribution is 2.26. The van der Waals surface area contributed by atoms with E-state index >= 15 is 0 Å². The fourth-order valence-electron chi connectivity index (χ4n) is 4.36. The second-order valence-electron chi connectivity index (χ2n) is 9.40. The Morgan fingerprint density at radius 1 is 1.00 bits per heavy atom. The molecular weight excluding hydrogens is 552 g/mol. The van der Waals surface area contributed by atoms with E-state index < -0.39 is 27.4 Å². The average Bonchev–Trinajstić information content (AvgIpc) is 3.57. The van der Waals surface area contributed by atoms with Gasteiger partial charge in [0.15, 0.2) is 0 Å². The van der Waals surface area contributed by atoms with Gasteiger partial charge in [-0.2, -0.15) is 0 Å². The third-order valence-electron chi connectivity index (χ3n) is 6.41. The van der Waals surface area contributed by atoms with Gasteiger partial charge in [0, 0.05) is 24.3 Å². The lowest BCUT2D eigenvalue weighted by Crippen LogP contribution is -2.57. The van der Waals surface area contributed by atoms with E-state index in [1.807, 2.05) is 0 Å². The number of nitrogen functional groups attached to an aromatic ring is 1. The summed E-state index contributed by atoms with van der Waals surface area (Å²) in [5, 5.41) is 15.6. The molecule has 3 aromatic rings. The van der Waals surface area contributed by atoms with Gasteiger partial charge in [-0.25, -0.2) is 13.1 Å². The van der Waals surface area contributed by atoms with Crippen LogP contribution in [0, 0.1) is 5.41 Å². The number of carbonyl (C=O) groups excluding carboxylic acids is 3. The summed E-state index contributed by atoms with van der Waals surface area (Å²) >= 11 is 1.30. The molecule has 0 unspecified atom stereocenters. The molecule has 210 valence electrons. The Morgan fingerprint density at radius 2 is 1.75 bits per heavy atom. The molecule has 0 saturated carbocycles. The van der Waals surface area contributed by atoms with Crippen LogP contribution in [-0.2, 0) is 43.9 Å². The zero-order valence-corrected chi connectivity index (χ0v) is 23.2. The van der Waals surface area contributed by atoms with Crippen molar-refractivity contribution in [3.05, 3.63) is 87.6 Å². The van der Waals surface area contributed by atoms with E-state index in [0.29, 0.717) is 10.4 Å². The molecule has 1 aliphatic heterocycles. The minimum atomic E-state index is -3.69. The van der Waals surface area contributed by atoms with Crippen molar-refractivity contribution in [2.75, 3.05) is 6.54 Å². The normalized spacial score (nSPS) is 16.8. The van der Waals surface area contributed by atoms with Crippen LogP contribution in [0.3, 0.4) is 0 Å². The largest absolute Gasteiger partial charge is 0.383 e. The van der Waals surface area contributed by atoms with E-state index in [-0.39, 0.29) is 55.5 Å². The molecule has 1 aromatic heterocycles. The molecule has 1 aliphatic rings. The van der Waals surface area contributed by atoms with Crippen LogP contribution in [0.15, 0.2) is 71.6 Å². The van der Waals surface area contributed by atoms with E-state index in [1.54, 1.807) is 54.6 Å². The Balaban J connectivity index is 1.36. The maximum absolute atomic E-state index is 13.2. The quantitative estimate of drug-likeness (QED) is 0.137. The molecule has 3 amide bonds. The zero-order valence-electron chi connectivity index (χ0n) is 21.5. The van der Waals surface area contributed by atoms with Gasteiger partial charge < -0.3 is 21.7 Å². The molecule has 0 radical (unpaired) electrons. The third-order valence-corrected chi connectivity index (χ3v) is 8.94. The monoisotopic (exact) mass is 582 g/mol. The lowest BCUT2D eigenvalue weighted by atomic mass is 9.87. The Morgan fingerprint density at radius 3 is 2.42 bits per heavy atom. The van der Waals surface area contributed by atoms with Crippen molar-refractivity contribution in [3.63, 3.8) is 0 Å². The molecule has 0 aliphatic carbocycles. The first kappa shape index (κ1) is 28.9. The Bertz CT molecular complexity index is 1520. The predicted octanol–water partition coefficient (Wildman–Crippen LogP) is 1.13. The molecule has 2 aromatic carbocycles. The first-order valence-corrected chi connectivity index (χ1v) is 14.8. The number of thiophene rings is 1. The Labute approximate surface area is 236 Å². The molecule has 2 heterocycles. The van der Waals surface area contributed by atoms with Gasteiger partial charge in [-0.3, -0.25) is 19.8 Å². The van der Waals surface area contributed by atoms with Crippen molar-refractivity contribution in [2.45, 2.75) is 42.8 Å². The van der Waals surface area contributed by atoms with Crippen LogP contribution in [-0.4, -0.2) is 44.1 Å². The molecule has 7 N–H and O–H groups in total. The number of amidine groups is 1. The number of carbonyl (C=O) groups is 3.